The van der Waals surface area contributed by atoms with E-state index in [0.717, 1.165) is 31.4 Å². The van der Waals surface area contributed by atoms with Crippen LogP contribution in [-0.2, 0) is 9.05 Å². The number of hydrogen-bond acceptors (Lipinski definition) is 3. The number of nitrogens with one attached hydrogen (secondary N) is 1. The van der Waals surface area contributed by atoms with E-state index in [1.165, 1.54) is 12.5 Å². The Morgan fingerprint density at radius 3 is 2.62 bits per heavy atom. The van der Waals surface area contributed by atoms with Gasteiger partial charge >= 0.3 is 0 Å². The van der Waals surface area contributed by atoms with E-state index >= 15 is 0 Å². The predicted molar refractivity (Wildman–Crippen MR) is 76.1 cm³/mol. The Balaban J connectivity index is 1.79. The lowest BCUT2D eigenvalue weighted by molar-refractivity contribution is 0.0922. The molecule has 2 aliphatic rings. The number of rotatable bonds is 3. The number of carbonyl (C=O) groups is 1. The minimum absolute atomic E-state index is 0.110. The highest BCUT2D eigenvalue weighted by Gasteiger charge is 2.40. The van der Waals surface area contributed by atoms with Gasteiger partial charge in [0.1, 0.15) is 10.7 Å². The van der Waals surface area contributed by atoms with Crippen LogP contribution in [0.15, 0.2) is 23.1 Å². The van der Waals surface area contributed by atoms with Crippen LogP contribution in [0.5, 0.6) is 0 Å². The highest BCUT2D eigenvalue weighted by molar-refractivity contribution is 8.13. The first kappa shape index (κ1) is 14.8. The van der Waals surface area contributed by atoms with Gasteiger partial charge in [-0.15, -0.1) is 0 Å². The molecule has 2 aliphatic carbocycles. The molecular weight excluding hydrogens is 317 g/mol. The third-order valence-corrected chi connectivity index (χ3v) is 5.85. The Morgan fingerprint density at radius 2 is 2.05 bits per heavy atom. The van der Waals surface area contributed by atoms with E-state index in [2.05, 4.69) is 5.32 Å². The first-order chi connectivity index (χ1) is 9.84. The fraction of sp³-hybridized carbons (Fsp3) is 0.500. The number of hydrogen-bond donors (Lipinski definition) is 1. The van der Waals surface area contributed by atoms with Crippen LogP contribution in [0, 0.1) is 17.7 Å². The highest BCUT2D eigenvalue weighted by atomic mass is 35.7. The second kappa shape index (κ2) is 5.25. The fourth-order valence-electron chi connectivity index (χ4n) is 3.50. The molecule has 4 nitrogen and oxygen atoms in total. The second-order valence-corrected chi connectivity index (χ2v) is 8.37. The van der Waals surface area contributed by atoms with Crippen LogP contribution in [-0.4, -0.2) is 20.4 Å². The molecule has 3 rings (SSSR count). The van der Waals surface area contributed by atoms with E-state index in [9.17, 15) is 17.6 Å². The van der Waals surface area contributed by atoms with Gasteiger partial charge in [-0.05, 0) is 49.3 Å². The minimum Gasteiger partial charge on any atom is -0.349 e. The largest absolute Gasteiger partial charge is 0.349 e. The summed E-state index contributed by atoms with van der Waals surface area (Å²) in [5, 5.41) is 2.93. The van der Waals surface area contributed by atoms with Crippen molar-refractivity contribution < 1.29 is 17.6 Å². The monoisotopic (exact) mass is 331 g/mol. The van der Waals surface area contributed by atoms with Gasteiger partial charge in [0.2, 0.25) is 0 Å². The zero-order chi connectivity index (χ0) is 15.2. The van der Waals surface area contributed by atoms with Crippen molar-refractivity contribution in [1.29, 1.82) is 0 Å². The molecule has 21 heavy (non-hydrogen) atoms. The molecule has 1 aromatic carbocycles. The summed E-state index contributed by atoms with van der Waals surface area (Å²) in [6, 6.07) is 3.34. The Kier molecular flexibility index (Phi) is 3.69. The summed E-state index contributed by atoms with van der Waals surface area (Å²) >= 11 is 0. The normalized spacial score (nSPS) is 27.8. The molecule has 3 atom stereocenters. The first-order valence-corrected chi connectivity index (χ1v) is 9.20. The van der Waals surface area contributed by atoms with E-state index in [1.807, 2.05) is 0 Å². The van der Waals surface area contributed by atoms with Crippen LogP contribution in [0.1, 0.15) is 36.0 Å². The maximum atomic E-state index is 13.5. The quantitative estimate of drug-likeness (QED) is 0.866. The van der Waals surface area contributed by atoms with E-state index < -0.39 is 19.8 Å². The molecule has 1 N–H and O–H groups in total. The Hall–Kier alpha value is -1.14. The van der Waals surface area contributed by atoms with Crippen molar-refractivity contribution in [3.05, 3.63) is 29.6 Å². The van der Waals surface area contributed by atoms with Crippen LogP contribution < -0.4 is 5.32 Å². The van der Waals surface area contributed by atoms with Gasteiger partial charge in [0, 0.05) is 22.3 Å². The number of benzene rings is 1. The van der Waals surface area contributed by atoms with Crippen molar-refractivity contribution in [2.75, 3.05) is 0 Å². The molecule has 0 aromatic heterocycles. The van der Waals surface area contributed by atoms with Crippen LogP contribution >= 0.6 is 10.7 Å². The molecule has 114 valence electrons. The molecule has 0 saturated heterocycles. The van der Waals surface area contributed by atoms with Gasteiger partial charge in [0.15, 0.2) is 0 Å². The molecule has 0 spiro atoms. The lowest BCUT2D eigenvalue weighted by Crippen LogP contribution is -2.38. The van der Waals surface area contributed by atoms with Gasteiger partial charge in [0.25, 0.3) is 15.0 Å². The summed E-state index contributed by atoms with van der Waals surface area (Å²) in [4.78, 5) is 11.5. The summed E-state index contributed by atoms with van der Waals surface area (Å²) < 4.78 is 36.0. The lowest BCUT2D eigenvalue weighted by atomic mass is 9.95. The maximum absolute atomic E-state index is 13.5. The lowest BCUT2D eigenvalue weighted by Gasteiger charge is -2.22. The molecule has 0 heterocycles. The SMILES string of the molecule is O=C(NC1CC2CCC1C2)c1ccc(F)c(S(=O)(=O)Cl)c1. The van der Waals surface area contributed by atoms with E-state index in [4.69, 9.17) is 10.7 Å². The highest BCUT2D eigenvalue weighted by Crippen LogP contribution is 2.44. The van der Waals surface area contributed by atoms with Crippen LogP contribution in [0.3, 0.4) is 0 Å². The average Bonchev–Trinajstić information content (AvgIpc) is 3.00. The third kappa shape index (κ3) is 2.92. The van der Waals surface area contributed by atoms with E-state index in [1.54, 1.807) is 0 Å². The minimum atomic E-state index is -4.21. The molecule has 3 unspecified atom stereocenters. The Labute approximate surface area is 127 Å². The van der Waals surface area contributed by atoms with Gasteiger partial charge in [-0.3, -0.25) is 4.79 Å². The molecular formula is C14H15ClFNO3S. The standard InChI is InChI=1S/C14H15ClFNO3S/c15-21(19,20)13-7-10(3-4-11(13)16)14(18)17-12-6-8-1-2-9(12)5-8/h3-4,7-9,12H,1-2,5-6H2,(H,17,18). The van der Waals surface area contributed by atoms with Gasteiger partial charge in [0.05, 0.1) is 0 Å². The van der Waals surface area contributed by atoms with Crippen molar-refractivity contribution in [3.8, 4) is 0 Å². The van der Waals surface area contributed by atoms with Crippen molar-refractivity contribution in [3.63, 3.8) is 0 Å². The zero-order valence-corrected chi connectivity index (χ0v) is 12.8. The number of amides is 1. The van der Waals surface area contributed by atoms with Gasteiger partial charge in [-0.25, -0.2) is 12.8 Å². The molecule has 7 heteroatoms. The number of halogens is 2. The van der Waals surface area contributed by atoms with Gasteiger partial charge in [-0.1, -0.05) is 6.42 Å². The Bertz CT molecular complexity index is 691. The molecule has 2 fully saturated rings. The predicted octanol–water partition coefficient (Wildman–Crippen LogP) is 2.67. The molecule has 2 bridgehead atoms. The van der Waals surface area contributed by atoms with Crippen molar-refractivity contribution in [1.82, 2.24) is 5.32 Å². The molecule has 2 saturated carbocycles. The van der Waals surface area contributed by atoms with Crippen molar-refractivity contribution in [2.24, 2.45) is 11.8 Å². The summed E-state index contributed by atoms with van der Waals surface area (Å²) in [5.74, 6) is -0.140. The van der Waals surface area contributed by atoms with Crippen molar-refractivity contribution in [2.45, 2.75) is 36.6 Å². The summed E-state index contributed by atoms with van der Waals surface area (Å²) in [5.41, 5.74) is 0.110. The van der Waals surface area contributed by atoms with Crippen LogP contribution in [0.2, 0.25) is 0 Å². The van der Waals surface area contributed by atoms with Gasteiger partial charge < -0.3 is 5.32 Å². The van der Waals surface area contributed by atoms with Crippen molar-refractivity contribution >= 4 is 25.6 Å². The molecule has 1 aromatic rings. The average molecular weight is 332 g/mol. The topological polar surface area (TPSA) is 63.2 Å². The van der Waals surface area contributed by atoms with Crippen LogP contribution in [0.25, 0.3) is 0 Å². The van der Waals surface area contributed by atoms with E-state index in [0.29, 0.717) is 11.8 Å². The summed E-state index contributed by atoms with van der Waals surface area (Å²) in [6.45, 7) is 0. The molecule has 0 aliphatic heterocycles. The zero-order valence-electron chi connectivity index (χ0n) is 11.2. The van der Waals surface area contributed by atoms with E-state index in [-0.39, 0.29) is 17.5 Å². The van der Waals surface area contributed by atoms with Crippen LogP contribution in [0.4, 0.5) is 4.39 Å². The third-order valence-electron chi connectivity index (χ3n) is 4.51. The maximum Gasteiger partial charge on any atom is 0.264 e. The molecule has 0 radical (unpaired) electrons. The Morgan fingerprint density at radius 1 is 1.29 bits per heavy atom. The summed E-state index contributed by atoms with van der Waals surface area (Å²) in [7, 11) is 0.955. The first-order valence-electron chi connectivity index (χ1n) is 6.89. The van der Waals surface area contributed by atoms with Gasteiger partial charge in [-0.2, -0.15) is 0 Å². The number of carbonyl (C=O) groups excluding carboxylic acids is 1. The summed E-state index contributed by atoms with van der Waals surface area (Å²) in [6.07, 6.45) is 4.47. The second-order valence-electron chi connectivity index (χ2n) is 5.84. The molecule has 1 amide bonds. The smallest absolute Gasteiger partial charge is 0.264 e. The number of fused-ring (bicyclic) bond motifs is 2. The fourth-order valence-corrected chi connectivity index (χ4v) is 4.43.